The largest absolute Gasteiger partial charge is 0.490 e. The van der Waals surface area contributed by atoms with Gasteiger partial charge >= 0.3 is 0 Å². The van der Waals surface area contributed by atoms with E-state index in [9.17, 15) is 9.59 Å². The number of rotatable bonds is 9. The van der Waals surface area contributed by atoms with Gasteiger partial charge in [-0.15, -0.1) is 0 Å². The summed E-state index contributed by atoms with van der Waals surface area (Å²) in [5.41, 5.74) is 1.45. The van der Waals surface area contributed by atoms with Crippen molar-refractivity contribution in [3.8, 4) is 11.5 Å². The maximum Gasteiger partial charge on any atom is 0.290 e. The van der Waals surface area contributed by atoms with E-state index < -0.39 is 6.04 Å². The lowest BCUT2D eigenvalue weighted by molar-refractivity contribution is 0.0728. The molecule has 0 fully saturated rings. The first-order valence-electron chi connectivity index (χ1n) is 11.7. The average Bonchev–Trinajstić information content (AvgIpc) is 3.07. The molecule has 0 N–H and O–H groups in total. The van der Waals surface area contributed by atoms with Crippen molar-refractivity contribution in [2.75, 3.05) is 19.8 Å². The number of ether oxygens (including phenoxy) is 2. The van der Waals surface area contributed by atoms with Gasteiger partial charge in [-0.1, -0.05) is 39.0 Å². The summed E-state index contributed by atoms with van der Waals surface area (Å²) in [4.78, 5) is 28.5. The fourth-order valence-corrected chi connectivity index (χ4v) is 4.27. The lowest BCUT2D eigenvalue weighted by Gasteiger charge is -2.25. The highest BCUT2D eigenvalue weighted by Gasteiger charge is 2.42. The van der Waals surface area contributed by atoms with Gasteiger partial charge in [0.15, 0.2) is 16.9 Å². The highest BCUT2D eigenvalue weighted by atomic mass is 16.5. The van der Waals surface area contributed by atoms with Gasteiger partial charge < -0.3 is 18.8 Å². The first kappa shape index (κ1) is 22.9. The minimum Gasteiger partial charge on any atom is -0.490 e. The van der Waals surface area contributed by atoms with Crippen molar-refractivity contribution in [3.63, 3.8) is 0 Å². The summed E-state index contributed by atoms with van der Waals surface area (Å²) in [5, 5.41) is 0.478. The molecule has 2 aromatic carbocycles. The van der Waals surface area contributed by atoms with Gasteiger partial charge in [0.05, 0.1) is 30.2 Å². The molecule has 3 aromatic rings. The molecule has 6 heteroatoms. The van der Waals surface area contributed by atoms with Crippen molar-refractivity contribution in [1.82, 2.24) is 4.90 Å². The highest BCUT2D eigenvalue weighted by molar-refractivity contribution is 5.99. The molecule has 1 aliphatic rings. The third-order valence-electron chi connectivity index (χ3n) is 5.87. The number of fused-ring (bicyclic) bond motifs is 2. The van der Waals surface area contributed by atoms with Crippen molar-refractivity contribution >= 4 is 16.9 Å². The van der Waals surface area contributed by atoms with Gasteiger partial charge in [-0.05, 0) is 55.5 Å². The second kappa shape index (κ2) is 9.69. The third-order valence-corrected chi connectivity index (χ3v) is 5.87. The number of carbonyl (C=O) groups is 1. The predicted molar refractivity (Wildman–Crippen MR) is 128 cm³/mol. The standard InChI is InChI=1S/C27H31NO5/c1-5-14-28-24(18-11-12-21(22(16-18)31-6-2)32-15-13-17(3)4)23-25(29)19-9-7-8-10-20(19)33-26(23)27(28)30/h7-12,16-17,24H,5-6,13-15H2,1-4H3/t24-/m1/s1. The summed E-state index contributed by atoms with van der Waals surface area (Å²) in [6, 6.07) is 12.2. The van der Waals surface area contributed by atoms with Crippen LogP contribution in [0.15, 0.2) is 51.7 Å². The Morgan fingerprint density at radius 2 is 1.82 bits per heavy atom. The molecule has 0 bridgehead atoms. The van der Waals surface area contributed by atoms with Crippen LogP contribution < -0.4 is 14.9 Å². The van der Waals surface area contributed by atoms with Crippen LogP contribution in [0.2, 0.25) is 0 Å². The van der Waals surface area contributed by atoms with Gasteiger partial charge in [-0.25, -0.2) is 0 Å². The molecule has 0 saturated carbocycles. The van der Waals surface area contributed by atoms with Crippen LogP contribution >= 0.6 is 0 Å². The summed E-state index contributed by atoms with van der Waals surface area (Å²) in [6.07, 6.45) is 1.70. The van der Waals surface area contributed by atoms with E-state index in [1.807, 2.05) is 32.0 Å². The molecule has 0 spiro atoms. The lowest BCUT2D eigenvalue weighted by Crippen LogP contribution is -2.30. The molecule has 1 aliphatic heterocycles. The molecular weight excluding hydrogens is 418 g/mol. The van der Waals surface area contributed by atoms with Crippen molar-refractivity contribution in [1.29, 1.82) is 0 Å². The zero-order valence-corrected chi connectivity index (χ0v) is 19.7. The van der Waals surface area contributed by atoms with E-state index in [0.717, 1.165) is 18.4 Å². The number of nitrogens with zero attached hydrogens (tertiary/aromatic N) is 1. The average molecular weight is 450 g/mol. The minimum absolute atomic E-state index is 0.132. The van der Waals surface area contributed by atoms with E-state index in [1.165, 1.54) is 0 Å². The molecule has 0 radical (unpaired) electrons. The van der Waals surface area contributed by atoms with Gasteiger partial charge in [0, 0.05) is 6.54 Å². The van der Waals surface area contributed by atoms with Crippen LogP contribution in [-0.2, 0) is 0 Å². The zero-order chi connectivity index (χ0) is 23.5. The molecular formula is C27H31NO5. The number of amides is 1. The van der Waals surface area contributed by atoms with Crippen LogP contribution in [0, 0.1) is 5.92 Å². The van der Waals surface area contributed by atoms with Crippen molar-refractivity contribution in [3.05, 3.63) is 69.6 Å². The summed E-state index contributed by atoms with van der Waals surface area (Å²) >= 11 is 0. The molecule has 1 aromatic heterocycles. The highest BCUT2D eigenvalue weighted by Crippen LogP contribution is 2.41. The predicted octanol–water partition coefficient (Wildman–Crippen LogP) is 5.57. The molecule has 0 unspecified atom stereocenters. The van der Waals surface area contributed by atoms with Crippen molar-refractivity contribution in [2.45, 2.75) is 46.6 Å². The van der Waals surface area contributed by atoms with Gasteiger partial charge in [0.2, 0.25) is 5.76 Å². The number of hydrogen-bond donors (Lipinski definition) is 0. The topological polar surface area (TPSA) is 69.0 Å². The second-order valence-electron chi connectivity index (χ2n) is 8.74. The van der Waals surface area contributed by atoms with Crippen LogP contribution in [0.3, 0.4) is 0 Å². The Hall–Kier alpha value is -3.28. The van der Waals surface area contributed by atoms with E-state index in [1.54, 1.807) is 29.2 Å². The van der Waals surface area contributed by atoms with Gasteiger partial charge in [0.25, 0.3) is 5.91 Å². The van der Waals surface area contributed by atoms with Gasteiger partial charge in [-0.2, -0.15) is 0 Å². The quantitative estimate of drug-likeness (QED) is 0.427. The number of hydrogen-bond acceptors (Lipinski definition) is 5. The summed E-state index contributed by atoms with van der Waals surface area (Å²) in [6.45, 7) is 9.83. The van der Waals surface area contributed by atoms with E-state index >= 15 is 0 Å². The Bertz CT molecular complexity index is 1210. The smallest absolute Gasteiger partial charge is 0.290 e. The molecule has 4 rings (SSSR count). The number of carbonyl (C=O) groups excluding carboxylic acids is 1. The van der Waals surface area contributed by atoms with Crippen LogP contribution in [0.5, 0.6) is 11.5 Å². The Balaban J connectivity index is 1.82. The van der Waals surface area contributed by atoms with Gasteiger partial charge in [-0.3, -0.25) is 9.59 Å². The maximum absolute atomic E-state index is 13.5. The molecule has 1 atom stereocenters. The fraction of sp³-hybridized carbons (Fsp3) is 0.407. The monoisotopic (exact) mass is 449 g/mol. The van der Waals surface area contributed by atoms with Crippen LogP contribution in [0.25, 0.3) is 11.0 Å². The Kier molecular flexibility index (Phi) is 6.72. The van der Waals surface area contributed by atoms with Crippen LogP contribution in [0.4, 0.5) is 0 Å². The molecule has 6 nitrogen and oxygen atoms in total. The lowest BCUT2D eigenvalue weighted by atomic mass is 9.98. The second-order valence-corrected chi connectivity index (χ2v) is 8.74. The molecule has 33 heavy (non-hydrogen) atoms. The third kappa shape index (κ3) is 4.34. The Labute approximate surface area is 194 Å². The van der Waals surface area contributed by atoms with Crippen molar-refractivity contribution < 1.29 is 18.7 Å². The first-order chi connectivity index (χ1) is 16.0. The van der Waals surface area contributed by atoms with E-state index in [4.69, 9.17) is 13.9 Å². The summed E-state index contributed by atoms with van der Waals surface area (Å²) in [7, 11) is 0. The maximum atomic E-state index is 13.5. The zero-order valence-electron chi connectivity index (χ0n) is 19.7. The fourth-order valence-electron chi connectivity index (χ4n) is 4.27. The van der Waals surface area contributed by atoms with E-state index in [-0.39, 0.29) is 17.1 Å². The van der Waals surface area contributed by atoms with Gasteiger partial charge in [0.1, 0.15) is 5.58 Å². The van der Waals surface area contributed by atoms with Crippen molar-refractivity contribution in [2.24, 2.45) is 5.92 Å². The molecule has 0 aliphatic carbocycles. The Morgan fingerprint density at radius 3 is 2.55 bits per heavy atom. The molecule has 2 heterocycles. The van der Waals surface area contributed by atoms with E-state index in [2.05, 4.69) is 13.8 Å². The normalized spacial score (nSPS) is 15.4. The van der Waals surface area contributed by atoms with Crippen LogP contribution in [-0.4, -0.2) is 30.6 Å². The Morgan fingerprint density at radius 1 is 1.03 bits per heavy atom. The number of para-hydroxylation sites is 1. The van der Waals surface area contributed by atoms with E-state index in [0.29, 0.717) is 53.7 Å². The molecule has 0 saturated heterocycles. The SMILES string of the molecule is CCCN1C(=O)c2oc3ccccc3c(=O)c2[C@H]1c1ccc(OCCC(C)C)c(OCC)c1. The molecule has 1 amide bonds. The summed E-state index contributed by atoms with van der Waals surface area (Å²) in [5.74, 6) is 1.69. The number of benzene rings is 2. The molecule has 174 valence electrons. The summed E-state index contributed by atoms with van der Waals surface area (Å²) < 4.78 is 17.8. The first-order valence-corrected chi connectivity index (χ1v) is 11.7. The van der Waals surface area contributed by atoms with Crippen LogP contribution in [0.1, 0.15) is 68.3 Å². The minimum atomic E-state index is -0.530.